The van der Waals surface area contributed by atoms with Gasteiger partial charge in [-0.1, -0.05) is 24.3 Å². The molecule has 4 nitrogen and oxygen atoms in total. The summed E-state index contributed by atoms with van der Waals surface area (Å²) in [5, 5.41) is 9.42. The Hall–Kier alpha value is -1.39. The first kappa shape index (κ1) is 14.5. The number of carboxylic acids is 1. The molecule has 1 aromatic carbocycles. The number of ether oxygens (including phenoxy) is 1. The fourth-order valence-corrected chi connectivity index (χ4v) is 3.54. The Morgan fingerprint density at radius 3 is 3.10 bits per heavy atom. The summed E-state index contributed by atoms with van der Waals surface area (Å²) in [4.78, 5) is 13.7. The number of piperidine rings is 1. The Morgan fingerprint density at radius 1 is 1.48 bits per heavy atom. The van der Waals surface area contributed by atoms with Gasteiger partial charge in [0.05, 0.1) is 18.1 Å². The lowest BCUT2D eigenvalue weighted by molar-refractivity contribution is -0.151. The van der Waals surface area contributed by atoms with Crippen LogP contribution >= 0.6 is 0 Å². The van der Waals surface area contributed by atoms with E-state index in [2.05, 4.69) is 29.2 Å². The van der Waals surface area contributed by atoms with Crippen molar-refractivity contribution < 1.29 is 14.6 Å². The molecule has 4 heteroatoms. The van der Waals surface area contributed by atoms with Gasteiger partial charge < -0.3 is 9.84 Å². The average molecular weight is 289 g/mol. The molecule has 0 aromatic heterocycles. The zero-order valence-corrected chi connectivity index (χ0v) is 12.5. The smallest absolute Gasteiger partial charge is 0.310 e. The lowest BCUT2D eigenvalue weighted by Crippen LogP contribution is -2.47. The van der Waals surface area contributed by atoms with Crippen LogP contribution in [0.1, 0.15) is 37.0 Å². The molecule has 0 spiro atoms. The fourth-order valence-electron chi connectivity index (χ4n) is 3.54. The maximum absolute atomic E-state index is 11.5. The predicted molar refractivity (Wildman–Crippen MR) is 80.3 cm³/mol. The number of carbonyl (C=O) groups is 1. The van der Waals surface area contributed by atoms with E-state index in [0.717, 1.165) is 39.0 Å². The molecule has 114 valence electrons. The summed E-state index contributed by atoms with van der Waals surface area (Å²) in [7, 11) is 0. The highest BCUT2D eigenvalue weighted by molar-refractivity contribution is 5.74. The number of aliphatic carboxylic acids is 1. The van der Waals surface area contributed by atoms with Crippen molar-refractivity contribution in [3.63, 3.8) is 0 Å². The second-order valence-electron chi connectivity index (χ2n) is 6.51. The average Bonchev–Trinajstić information content (AvgIpc) is 2.48. The number of rotatable bonds is 3. The molecule has 3 rings (SSSR count). The van der Waals surface area contributed by atoms with Crippen LogP contribution in [0.15, 0.2) is 24.3 Å². The lowest BCUT2D eigenvalue weighted by atomic mass is 9.82. The van der Waals surface area contributed by atoms with Crippen LogP contribution < -0.4 is 0 Å². The standard InChI is InChI=1S/C17H23NO3/c1-17(16(19)20)8-4-9-18(12-17)11-15-14-6-3-2-5-13(14)7-10-21-15/h2-3,5-6,15H,4,7-12H2,1H3,(H,19,20). The van der Waals surface area contributed by atoms with Crippen molar-refractivity contribution in [3.05, 3.63) is 35.4 Å². The second-order valence-corrected chi connectivity index (χ2v) is 6.51. The molecule has 1 aromatic rings. The van der Waals surface area contributed by atoms with Crippen molar-refractivity contribution in [2.45, 2.75) is 32.3 Å². The molecular formula is C17H23NO3. The fraction of sp³-hybridized carbons (Fsp3) is 0.588. The van der Waals surface area contributed by atoms with E-state index in [9.17, 15) is 9.90 Å². The van der Waals surface area contributed by atoms with Crippen LogP contribution in [0.3, 0.4) is 0 Å². The van der Waals surface area contributed by atoms with Crippen LogP contribution in [0.2, 0.25) is 0 Å². The number of hydrogen-bond acceptors (Lipinski definition) is 3. The number of fused-ring (bicyclic) bond motifs is 1. The van der Waals surface area contributed by atoms with Crippen LogP contribution in [0.4, 0.5) is 0 Å². The van der Waals surface area contributed by atoms with E-state index in [1.165, 1.54) is 11.1 Å². The third-order valence-electron chi connectivity index (χ3n) is 4.81. The highest BCUT2D eigenvalue weighted by Crippen LogP contribution is 2.33. The van der Waals surface area contributed by atoms with E-state index in [-0.39, 0.29) is 6.10 Å². The summed E-state index contributed by atoms with van der Waals surface area (Å²) in [5.74, 6) is -0.683. The van der Waals surface area contributed by atoms with Gasteiger partial charge in [0.2, 0.25) is 0 Å². The lowest BCUT2D eigenvalue weighted by Gasteiger charge is -2.39. The Morgan fingerprint density at radius 2 is 2.29 bits per heavy atom. The molecule has 0 amide bonds. The van der Waals surface area contributed by atoms with Gasteiger partial charge >= 0.3 is 5.97 Å². The topological polar surface area (TPSA) is 49.8 Å². The molecule has 0 saturated carbocycles. The highest BCUT2D eigenvalue weighted by atomic mass is 16.5. The highest BCUT2D eigenvalue weighted by Gasteiger charge is 2.38. The minimum atomic E-state index is -0.683. The van der Waals surface area contributed by atoms with Gasteiger partial charge in [-0.3, -0.25) is 9.69 Å². The van der Waals surface area contributed by atoms with Crippen LogP contribution in [0.5, 0.6) is 0 Å². The maximum atomic E-state index is 11.5. The van der Waals surface area contributed by atoms with E-state index in [0.29, 0.717) is 6.54 Å². The first-order chi connectivity index (χ1) is 10.1. The summed E-state index contributed by atoms with van der Waals surface area (Å²) in [6.07, 6.45) is 2.75. The summed E-state index contributed by atoms with van der Waals surface area (Å²) in [6, 6.07) is 8.43. The van der Waals surface area contributed by atoms with Gasteiger partial charge in [-0.05, 0) is 43.9 Å². The molecule has 2 aliphatic heterocycles. The summed E-state index contributed by atoms with van der Waals surface area (Å²) >= 11 is 0. The molecule has 21 heavy (non-hydrogen) atoms. The molecule has 0 aliphatic carbocycles. The number of carboxylic acid groups (broad SMARTS) is 1. The first-order valence-electron chi connectivity index (χ1n) is 7.74. The molecule has 2 heterocycles. The monoisotopic (exact) mass is 289 g/mol. The molecular weight excluding hydrogens is 266 g/mol. The molecule has 0 radical (unpaired) electrons. The largest absolute Gasteiger partial charge is 0.481 e. The van der Waals surface area contributed by atoms with Crippen LogP contribution in [0, 0.1) is 5.41 Å². The molecule has 1 N–H and O–H groups in total. The third-order valence-corrected chi connectivity index (χ3v) is 4.81. The van der Waals surface area contributed by atoms with Gasteiger partial charge in [0.25, 0.3) is 0 Å². The van der Waals surface area contributed by atoms with E-state index in [4.69, 9.17) is 4.74 Å². The van der Waals surface area contributed by atoms with Crippen molar-refractivity contribution in [1.29, 1.82) is 0 Å². The molecule has 1 fully saturated rings. The summed E-state index contributed by atoms with van der Waals surface area (Å²) < 4.78 is 5.95. The molecule has 0 bridgehead atoms. The number of benzene rings is 1. The normalized spacial score (nSPS) is 29.9. The SMILES string of the molecule is CC1(C(=O)O)CCCN(CC2OCCc3ccccc32)C1. The summed E-state index contributed by atoms with van der Waals surface area (Å²) in [6.45, 7) is 4.98. The first-order valence-corrected chi connectivity index (χ1v) is 7.74. The molecule has 2 unspecified atom stereocenters. The van der Waals surface area contributed by atoms with E-state index in [1.54, 1.807) is 0 Å². The van der Waals surface area contributed by atoms with Crippen molar-refractivity contribution in [2.75, 3.05) is 26.2 Å². The van der Waals surface area contributed by atoms with Crippen molar-refractivity contribution >= 4 is 5.97 Å². The van der Waals surface area contributed by atoms with E-state index >= 15 is 0 Å². The predicted octanol–water partition coefficient (Wildman–Crippen LogP) is 2.49. The van der Waals surface area contributed by atoms with Gasteiger partial charge in [0, 0.05) is 13.1 Å². The molecule has 1 saturated heterocycles. The number of hydrogen-bond donors (Lipinski definition) is 1. The second kappa shape index (κ2) is 5.78. The number of nitrogens with zero attached hydrogens (tertiary/aromatic N) is 1. The summed E-state index contributed by atoms with van der Waals surface area (Å²) in [5.41, 5.74) is 2.02. The maximum Gasteiger partial charge on any atom is 0.310 e. The van der Waals surface area contributed by atoms with Crippen molar-refractivity contribution in [3.8, 4) is 0 Å². The third kappa shape index (κ3) is 2.97. The van der Waals surface area contributed by atoms with Crippen LogP contribution in [-0.4, -0.2) is 42.2 Å². The molecule has 2 aliphatic rings. The Balaban J connectivity index is 1.71. The van der Waals surface area contributed by atoms with Gasteiger partial charge in [-0.15, -0.1) is 0 Å². The van der Waals surface area contributed by atoms with Crippen molar-refractivity contribution in [2.24, 2.45) is 5.41 Å². The number of likely N-dealkylation sites (tertiary alicyclic amines) is 1. The van der Waals surface area contributed by atoms with E-state index < -0.39 is 11.4 Å². The van der Waals surface area contributed by atoms with Gasteiger partial charge in [0.1, 0.15) is 0 Å². The molecule has 2 atom stereocenters. The zero-order chi connectivity index (χ0) is 14.9. The zero-order valence-electron chi connectivity index (χ0n) is 12.5. The Kier molecular flexibility index (Phi) is 4.00. The van der Waals surface area contributed by atoms with Crippen LogP contribution in [-0.2, 0) is 16.0 Å². The van der Waals surface area contributed by atoms with E-state index in [1.807, 2.05) is 6.92 Å². The Bertz CT molecular complexity index is 531. The van der Waals surface area contributed by atoms with Crippen LogP contribution in [0.25, 0.3) is 0 Å². The van der Waals surface area contributed by atoms with Gasteiger partial charge in [0.15, 0.2) is 0 Å². The quantitative estimate of drug-likeness (QED) is 0.929. The Labute approximate surface area is 125 Å². The van der Waals surface area contributed by atoms with Crippen molar-refractivity contribution in [1.82, 2.24) is 4.90 Å². The minimum Gasteiger partial charge on any atom is -0.481 e. The van der Waals surface area contributed by atoms with Gasteiger partial charge in [-0.2, -0.15) is 0 Å². The minimum absolute atomic E-state index is 0.0751. The van der Waals surface area contributed by atoms with Gasteiger partial charge in [-0.25, -0.2) is 0 Å².